The number of furan rings is 1. The van der Waals surface area contributed by atoms with Crippen molar-refractivity contribution in [1.82, 2.24) is 4.98 Å². The van der Waals surface area contributed by atoms with Crippen molar-refractivity contribution in [3.63, 3.8) is 0 Å². The highest BCUT2D eigenvalue weighted by Gasteiger charge is 2.37. The summed E-state index contributed by atoms with van der Waals surface area (Å²) in [7, 11) is 0. The first kappa shape index (κ1) is 14.5. The van der Waals surface area contributed by atoms with Crippen LogP contribution in [-0.4, -0.2) is 4.98 Å². The van der Waals surface area contributed by atoms with Crippen molar-refractivity contribution in [2.75, 3.05) is 11.5 Å². The molecule has 3 rings (SSSR count). The third-order valence-corrected chi connectivity index (χ3v) is 3.42. The van der Waals surface area contributed by atoms with E-state index >= 15 is 0 Å². The number of nitrogens with two attached hydrogens (primary N) is 2. The summed E-state index contributed by atoms with van der Waals surface area (Å²) in [5.41, 5.74) is 10.5. The van der Waals surface area contributed by atoms with Crippen LogP contribution in [0.5, 0.6) is 0 Å². The Bertz CT molecular complexity index is 874. The number of hydrogen-bond acceptors (Lipinski definition) is 4. The van der Waals surface area contributed by atoms with E-state index in [2.05, 4.69) is 4.98 Å². The summed E-state index contributed by atoms with van der Waals surface area (Å²) in [6.45, 7) is 0. The minimum absolute atomic E-state index is 0.0575. The van der Waals surface area contributed by atoms with Gasteiger partial charge in [0, 0.05) is 16.8 Å². The number of benzene rings is 1. The van der Waals surface area contributed by atoms with Crippen LogP contribution in [0.3, 0.4) is 0 Å². The van der Waals surface area contributed by atoms with E-state index in [1.54, 1.807) is 24.3 Å². The van der Waals surface area contributed by atoms with Crippen LogP contribution < -0.4 is 11.5 Å². The number of hydrogen-bond donors (Lipinski definition) is 2. The Labute approximate surface area is 127 Å². The van der Waals surface area contributed by atoms with Gasteiger partial charge in [-0.1, -0.05) is 23.7 Å². The zero-order valence-corrected chi connectivity index (χ0v) is 11.7. The molecule has 0 bridgehead atoms. The molecule has 0 aliphatic carbocycles. The highest BCUT2D eigenvalue weighted by molar-refractivity contribution is 6.31. The highest BCUT2D eigenvalue weighted by atomic mass is 35.5. The van der Waals surface area contributed by atoms with Crippen molar-refractivity contribution in [3.05, 3.63) is 41.2 Å². The molecule has 0 saturated heterocycles. The zero-order valence-electron chi connectivity index (χ0n) is 10.9. The van der Waals surface area contributed by atoms with Gasteiger partial charge >= 0.3 is 6.18 Å². The fourth-order valence-corrected chi connectivity index (χ4v) is 2.41. The Hall–Kier alpha value is -2.41. The number of alkyl halides is 3. The topological polar surface area (TPSA) is 78.1 Å². The van der Waals surface area contributed by atoms with Gasteiger partial charge in [-0.25, -0.2) is 4.98 Å². The van der Waals surface area contributed by atoms with Gasteiger partial charge in [0.25, 0.3) is 0 Å². The van der Waals surface area contributed by atoms with Crippen LogP contribution >= 0.6 is 11.6 Å². The SMILES string of the molecule is Nc1oc2c(C(F)(F)F)ncc(-c3cccc(Cl)c3)c2c1N. The number of fused-ring (bicyclic) bond motifs is 1. The highest BCUT2D eigenvalue weighted by Crippen LogP contribution is 2.43. The standard InChI is InChI=1S/C14H9ClF3N3O/c15-7-3-1-2-6(4-7)8-5-21-12(14(16,17)18)11-9(8)10(19)13(20)22-11/h1-5H,19-20H2. The Morgan fingerprint density at radius 2 is 1.91 bits per heavy atom. The van der Waals surface area contributed by atoms with Crippen LogP contribution in [-0.2, 0) is 6.18 Å². The van der Waals surface area contributed by atoms with Gasteiger partial charge in [-0.2, -0.15) is 13.2 Å². The number of nitrogens with zero attached hydrogens (tertiary/aromatic N) is 1. The number of halogens is 4. The lowest BCUT2D eigenvalue weighted by Crippen LogP contribution is -2.08. The van der Waals surface area contributed by atoms with Gasteiger partial charge in [0.15, 0.2) is 11.3 Å². The first-order valence-corrected chi connectivity index (χ1v) is 6.46. The summed E-state index contributed by atoms with van der Waals surface area (Å²) in [5.74, 6) is -0.281. The average Bonchev–Trinajstić information content (AvgIpc) is 2.73. The molecule has 0 aliphatic heterocycles. The molecular formula is C14H9ClF3N3O. The van der Waals surface area contributed by atoms with E-state index in [4.69, 9.17) is 27.5 Å². The van der Waals surface area contributed by atoms with E-state index in [0.29, 0.717) is 16.1 Å². The van der Waals surface area contributed by atoms with E-state index in [1.807, 2.05) is 0 Å². The molecule has 0 atom stereocenters. The van der Waals surface area contributed by atoms with Gasteiger partial charge in [0.1, 0.15) is 5.69 Å². The predicted molar refractivity (Wildman–Crippen MR) is 78.3 cm³/mol. The molecule has 2 aromatic heterocycles. The Balaban J connectivity index is 2.39. The van der Waals surface area contributed by atoms with Gasteiger partial charge in [-0.15, -0.1) is 0 Å². The van der Waals surface area contributed by atoms with Crippen LogP contribution in [0.2, 0.25) is 5.02 Å². The molecule has 4 N–H and O–H groups in total. The minimum atomic E-state index is -4.68. The second-order valence-electron chi connectivity index (χ2n) is 4.61. The lowest BCUT2D eigenvalue weighted by Gasteiger charge is -2.09. The molecule has 0 aliphatic rings. The fraction of sp³-hybridized carbons (Fsp3) is 0.0714. The Morgan fingerprint density at radius 1 is 1.18 bits per heavy atom. The Kier molecular flexibility index (Phi) is 3.17. The van der Waals surface area contributed by atoms with Gasteiger partial charge in [-0.05, 0) is 17.7 Å². The number of rotatable bonds is 1. The third kappa shape index (κ3) is 2.23. The average molecular weight is 328 g/mol. The number of aromatic nitrogens is 1. The molecule has 114 valence electrons. The molecule has 22 heavy (non-hydrogen) atoms. The smallest absolute Gasteiger partial charge is 0.436 e. The van der Waals surface area contributed by atoms with Crippen molar-refractivity contribution in [3.8, 4) is 11.1 Å². The summed E-state index contributed by atoms with van der Waals surface area (Å²) < 4.78 is 44.1. The molecule has 0 radical (unpaired) electrons. The lowest BCUT2D eigenvalue weighted by atomic mass is 10.0. The van der Waals surface area contributed by atoms with Gasteiger partial charge in [0.2, 0.25) is 5.88 Å². The van der Waals surface area contributed by atoms with Crippen molar-refractivity contribution in [2.45, 2.75) is 6.18 Å². The van der Waals surface area contributed by atoms with Crippen LogP contribution in [0.15, 0.2) is 34.9 Å². The van der Waals surface area contributed by atoms with Crippen LogP contribution in [0.4, 0.5) is 24.7 Å². The maximum Gasteiger partial charge on any atom is 0.437 e. The van der Waals surface area contributed by atoms with Gasteiger partial charge in [0.05, 0.1) is 5.39 Å². The maximum atomic E-state index is 13.0. The molecule has 3 aromatic rings. The quantitative estimate of drug-likeness (QED) is 0.697. The molecule has 2 heterocycles. The number of nitrogen functional groups attached to an aromatic ring is 2. The molecule has 0 saturated carbocycles. The second-order valence-corrected chi connectivity index (χ2v) is 5.05. The van der Waals surface area contributed by atoms with Crippen molar-refractivity contribution >= 4 is 34.1 Å². The molecule has 1 aromatic carbocycles. The molecule has 0 fully saturated rings. The van der Waals surface area contributed by atoms with E-state index in [-0.39, 0.29) is 17.0 Å². The van der Waals surface area contributed by atoms with E-state index in [1.165, 1.54) is 0 Å². The van der Waals surface area contributed by atoms with E-state index < -0.39 is 17.5 Å². The molecule has 0 amide bonds. The summed E-state index contributed by atoms with van der Waals surface area (Å²) in [4.78, 5) is 3.47. The van der Waals surface area contributed by atoms with Crippen LogP contribution in [0.25, 0.3) is 22.1 Å². The summed E-state index contributed by atoms with van der Waals surface area (Å²) in [6.07, 6.45) is -3.59. The molecular weight excluding hydrogens is 319 g/mol. The van der Waals surface area contributed by atoms with Crippen LogP contribution in [0.1, 0.15) is 5.69 Å². The van der Waals surface area contributed by atoms with Crippen molar-refractivity contribution < 1.29 is 17.6 Å². The van der Waals surface area contributed by atoms with Crippen molar-refractivity contribution in [2.24, 2.45) is 0 Å². The maximum absolute atomic E-state index is 13.0. The van der Waals surface area contributed by atoms with Gasteiger partial charge < -0.3 is 15.9 Å². The van der Waals surface area contributed by atoms with Gasteiger partial charge in [-0.3, -0.25) is 0 Å². The summed E-state index contributed by atoms with van der Waals surface area (Å²) >= 11 is 5.91. The normalized spacial score (nSPS) is 12.0. The van der Waals surface area contributed by atoms with E-state index in [9.17, 15) is 13.2 Å². The largest absolute Gasteiger partial charge is 0.437 e. The fourth-order valence-electron chi connectivity index (χ4n) is 2.22. The lowest BCUT2D eigenvalue weighted by molar-refractivity contribution is -0.140. The number of anilines is 2. The Morgan fingerprint density at radius 3 is 2.55 bits per heavy atom. The summed E-state index contributed by atoms with van der Waals surface area (Å²) in [6, 6.07) is 6.58. The first-order valence-electron chi connectivity index (χ1n) is 6.08. The molecule has 4 nitrogen and oxygen atoms in total. The van der Waals surface area contributed by atoms with Crippen molar-refractivity contribution in [1.29, 1.82) is 0 Å². The number of pyridine rings is 1. The minimum Gasteiger partial charge on any atom is -0.436 e. The second kappa shape index (κ2) is 4.81. The monoisotopic (exact) mass is 327 g/mol. The molecule has 0 spiro atoms. The zero-order chi connectivity index (χ0) is 16.1. The predicted octanol–water partition coefficient (Wildman–Crippen LogP) is 4.33. The van der Waals surface area contributed by atoms with Crippen LogP contribution in [0, 0.1) is 0 Å². The molecule has 8 heteroatoms. The summed E-state index contributed by atoms with van der Waals surface area (Å²) in [5, 5.41) is 0.502. The third-order valence-electron chi connectivity index (χ3n) is 3.19. The van der Waals surface area contributed by atoms with E-state index in [0.717, 1.165) is 6.20 Å². The molecule has 0 unspecified atom stereocenters. The first-order chi connectivity index (χ1) is 10.3.